The fourth-order valence-electron chi connectivity index (χ4n) is 2.72. The average molecular weight is 365 g/mol. The zero-order valence-corrected chi connectivity index (χ0v) is 15.2. The Kier molecular flexibility index (Phi) is 12.9. The number of ether oxygens (including phenoxy) is 3. The van der Waals surface area contributed by atoms with E-state index in [4.69, 9.17) is 14.2 Å². The third-order valence-corrected chi connectivity index (χ3v) is 5.27. The lowest BCUT2D eigenvalue weighted by Crippen LogP contribution is -2.13. The van der Waals surface area contributed by atoms with Gasteiger partial charge in [0, 0.05) is 18.0 Å². The van der Waals surface area contributed by atoms with Crippen molar-refractivity contribution in [1.82, 2.24) is 0 Å². The summed E-state index contributed by atoms with van der Waals surface area (Å²) >= 11 is 3.84. The van der Waals surface area contributed by atoms with Gasteiger partial charge in [0.1, 0.15) is 0 Å². The highest BCUT2D eigenvalue weighted by Crippen LogP contribution is 2.33. The van der Waals surface area contributed by atoms with Crippen LogP contribution in [-0.4, -0.2) is 44.5 Å². The molecule has 0 radical (unpaired) electrons. The van der Waals surface area contributed by atoms with Gasteiger partial charge >= 0.3 is 0 Å². The van der Waals surface area contributed by atoms with Crippen LogP contribution in [0.1, 0.15) is 58.3 Å². The van der Waals surface area contributed by atoms with Crippen molar-refractivity contribution in [3.63, 3.8) is 0 Å². The van der Waals surface area contributed by atoms with Gasteiger partial charge < -0.3 is 14.2 Å². The van der Waals surface area contributed by atoms with E-state index >= 15 is 0 Å². The standard InChI is InChI=1S/C17H33BrO3/c1-2-3-10-19-12-14-21-15-13-20-11-6-9-17(18)16-7-4-5-8-16/h16-17H,2-15H2,1H3. The molecule has 1 unspecified atom stereocenters. The minimum Gasteiger partial charge on any atom is -0.379 e. The van der Waals surface area contributed by atoms with Crippen molar-refractivity contribution in [3.05, 3.63) is 0 Å². The molecule has 1 aliphatic carbocycles. The molecule has 21 heavy (non-hydrogen) atoms. The second kappa shape index (κ2) is 14.0. The summed E-state index contributed by atoms with van der Waals surface area (Å²) in [6, 6.07) is 0. The first-order chi connectivity index (χ1) is 10.3. The zero-order valence-electron chi connectivity index (χ0n) is 13.7. The molecule has 0 N–H and O–H groups in total. The molecule has 0 spiro atoms. The van der Waals surface area contributed by atoms with Gasteiger partial charge in [-0.05, 0) is 38.0 Å². The minimum absolute atomic E-state index is 0.678. The second-order valence-electron chi connectivity index (χ2n) is 5.89. The average Bonchev–Trinajstić information content (AvgIpc) is 3.02. The maximum Gasteiger partial charge on any atom is 0.0701 e. The van der Waals surface area contributed by atoms with Gasteiger partial charge in [-0.2, -0.15) is 0 Å². The molecular weight excluding hydrogens is 332 g/mol. The number of unbranched alkanes of at least 4 members (excludes halogenated alkanes) is 1. The summed E-state index contributed by atoms with van der Waals surface area (Å²) in [5.41, 5.74) is 0. The van der Waals surface area contributed by atoms with E-state index in [2.05, 4.69) is 22.9 Å². The Labute approximate surface area is 139 Å². The van der Waals surface area contributed by atoms with Gasteiger partial charge in [-0.1, -0.05) is 42.1 Å². The third-order valence-electron chi connectivity index (χ3n) is 4.07. The fourth-order valence-corrected chi connectivity index (χ4v) is 3.58. The van der Waals surface area contributed by atoms with E-state index in [-0.39, 0.29) is 0 Å². The van der Waals surface area contributed by atoms with Gasteiger partial charge in [0.2, 0.25) is 0 Å². The molecule has 0 heterocycles. The molecule has 3 nitrogen and oxygen atoms in total. The molecule has 4 heteroatoms. The van der Waals surface area contributed by atoms with Gasteiger partial charge in [-0.15, -0.1) is 0 Å². The molecule has 1 atom stereocenters. The Morgan fingerprint density at radius 2 is 1.38 bits per heavy atom. The summed E-state index contributed by atoms with van der Waals surface area (Å²) in [6.45, 7) is 6.63. The Bertz CT molecular complexity index is 220. The van der Waals surface area contributed by atoms with Crippen LogP contribution in [0.3, 0.4) is 0 Å². The van der Waals surface area contributed by atoms with Crippen molar-refractivity contribution in [1.29, 1.82) is 0 Å². The van der Waals surface area contributed by atoms with Crippen LogP contribution in [0.15, 0.2) is 0 Å². The SMILES string of the molecule is CCCCOCCOCCOCCCC(Br)C1CCCC1. The first kappa shape index (κ1) is 19.4. The molecule has 1 aliphatic rings. The number of rotatable bonds is 14. The maximum atomic E-state index is 5.61. The van der Waals surface area contributed by atoms with E-state index in [9.17, 15) is 0 Å². The molecule has 0 amide bonds. The Morgan fingerprint density at radius 3 is 1.95 bits per heavy atom. The molecule has 0 aromatic rings. The molecule has 0 saturated heterocycles. The lowest BCUT2D eigenvalue weighted by Gasteiger charge is -2.16. The van der Waals surface area contributed by atoms with Crippen molar-refractivity contribution < 1.29 is 14.2 Å². The highest BCUT2D eigenvalue weighted by atomic mass is 79.9. The summed E-state index contributed by atoms with van der Waals surface area (Å²) < 4.78 is 16.5. The number of alkyl halides is 1. The van der Waals surface area contributed by atoms with Gasteiger partial charge in [0.15, 0.2) is 0 Å². The Morgan fingerprint density at radius 1 is 0.857 bits per heavy atom. The van der Waals surface area contributed by atoms with Crippen LogP contribution in [-0.2, 0) is 14.2 Å². The molecular formula is C17H33BrO3. The molecule has 0 aromatic heterocycles. The summed E-state index contributed by atoms with van der Waals surface area (Å²) in [5.74, 6) is 0.904. The number of halogens is 1. The van der Waals surface area contributed by atoms with Gasteiger partial charge in [-0.25, -0.2) is 0 Å². The van der Waals surface area contributed by atoms with E-state index in [1.165, 1.54) is 38.5 Å². The van der Waals surface area contributed by atoms with E-state index < -0.39 is 0 Å². The predicted octanol–water partition coefficient (Wildman–Crippen LogP) is 4.57. The smallest absolute Gasteiger partial charge is 0.0701 e. The Hall–Kier alpha value is 0.360. The topological polar surface area (TPSA) is 27.7 Å². The van der Waals surface area contributed by atoms with Crippen LogP contribution >= 0.6 is 15.9 Å². The third kappa shape index (κ3) is 10.7. The maximum absolute atomic E-state index is 5.61. The van der Waals surface area contributed by atoms with E-state index in [0.29, 0.717) is 31.3 Å². The monoisotopic (exact) mass is 364 g/mol. The van der Waals surface area contributed by atoms with E-state index in [1.54, 1.807) is 0 Å². The quantitative estimate of drug-likeness (QED) is 0.333. The van der Waals surface area contributed by atoms with E-state index in [0.717, 1.165) is 32.0 Å². The molecule has 1 rings (SSSR count). The molecule has 126 valence electrons. The van der Waals surface area contributed by atoms with Crippen molar-refractivity contribution in [2.45, 2.75) is 63.1 Å². The first-order valence-corrected chi connectivity index (χ1v) is 9.63. The van der Waals surface area contributed by atoms with Crippen LogP contribution < -0.4 is 0 Å². The van der Waals surface area contributed by atoms with Crippen LogP contribution in [0.25, 0.3) is 0 Å². The zero-order chi connectivity index (χ0) is 15.2. The Balaban J connectivity index is 1.74. The number of hydrogen-bond acceptors (Lipinski definition) is 3. The lowest BCUT2D eigenvalue weighted by molar-refractivity contribution is 0.0134. The second-order valence-corrected chi connectivity index (χ2v) is 7.07. The van der Waals surface area contributed by atoms with Crippen LogP contribution in [0.4, 0.5) is 0 Å². The highest BCUT2D eigenvalue weighted by Gasteiger charge is 2.22. The van der Waals surface area contributed by atoms with Gasteiger partial charge in [0.05, 0.1) is 26.4 Å². The van der Waals surface area contributed by atoms with E-state index in [1.807, 2.05) is 0 Å². The summed E-state index contributed by atoms with van der Waals surface area (Å²) in [6.07, 6.45) is 10.4. The molecule has 1 fully saturated rings. The summed E-state index contributed by atoms with van der Waals surface area (Å²) in [7, 11) is 0. The normalized spacial score (nSPS) is 17.4. The van der Waals surface area contributed by atoms with Gasteiger partial charge in [-0.3, -0.25) is 0 Å². The van der Waals surface area contributed by atoms with Crippen LogP contribution in [0.2, 0.25) is 0 Å². The molecule has 0 aromatic carbocycles. The van der Waals surface area contributed by atoms with Crippen molar-refractivity contribution in [3.8, 4) is 0 Å². The van der Waals surface area contributed by atoms with Crippen molar-refractivity contribution in [2.75, 3.05) is 39.6 Å². The molecule has 0 aliphatic heterocycles. The fraction of sp³-hybridized carbons (Fsp3) is 1.00. The highest BCUT2D eigenvalue weighted by molar-refractivity contribution is 9.09. The van der Waals surface area contributed by atoms with Crippen LogP contribution in [0, 0.1) is 5.92 Å². The molecule has 0 bridgehead atoms. The minimum atomic E-state index is 0.678. The van der Waals surface area contributed by atoms with Crippen molar-refractivity contribution >= 4 is 15.9 Å². The van der Waals surface area contributed by atoms with Crippen LogP contribution in [0.5, 0.6) is 0 Å². The predicted molar refractivity (Wildman–Crippen MR) is 91.3 cm³/mol. The lowest BCUT2D eigenvalue weighted by atomic mass is 10.0. The number of hydrogen-bond donors (Lipinski definition) is 0. The van der Waals surface area contributed by atoms with Gasteiger partial charge in [0.25, 0.3) is 0 Å². The summed E-state index contributed by atoms with van der Waals surface area (Å²) in [4.78, 5) is 0.695. The first-order valence-electron chi connectivity index (χ1n) is 8.72. The largest absolute Gasteiger partial charge is 0.379 e. The molecule has 1 saturated carbocycles. The summed E-state index contributed by atoms with van der Waals surface area (Å²) in [5, 5.41) is 0. The van der Waals surface area contributed by atoms with Crippen molar-refractivity contribution in [2.24, 2.45) is 5.92 Å².